The molecule has 0 saturated carbocycles. The molecule has 0 aliphatic rings. The van der Waals surface area contributed by atoms with E-state index in [1.165, 1.54) is 4.57 Å². The van der Waals surface area contributed by atoms with Crippen molar-refractivity contribution in [3.05, 3.63) is 97.8 Å². The maximum atomic E-state index is 13.9. The lowest BCUT2D eigenvalue weighted by atomic mass is 10.1. The number of rotatable bonds is 8. The number of nitriles is 1. The number of benzene rings is 2. The molecule has 3 heterocycles. The summed E-state index contributed by atoms with van der Waals surface area (Å²) >= 11 is 0. The zero-order chi connectivity index (χ0) is 26.8. The molecule has 2 aromatic carbocycles. The number of aryl methyl sites for hydroxylation is 2. The molecule has 0 bridgehead atoms. The van der Waals surface area contributed by atoms with E-state index in [9.17, 15) is 14.9 Å². The Kier molecular flexibility index (Phi) is 6.83. The fraction of sp³-hybridized carbons (Fsp3) is 0.259. The van der Waals surface area contributed by atoms with E-state index in [4.69, 9.17) is 5.73 Å². The molecule has 0 radical (unpaired) electrons. The van der Waals surface area contributed by atoms with Crippen molar-refractivity contribution in [1.82, 2.24) is 34.0 Å². The second kappa shape index (κ2) is 10.4. The van der Waals surface area contributed by atoms with Crippen LogP contribution in [0.1, 0.15) is 28.5 Å². The first kappa shape index (κ1) is 25.0. The Hall–Kier alpha value is -4.66. The van der Waals surface area contributed by atoms with Gasteiger partial charge in [-0.3, -0.25) is 13.9 Å². The normalized spacial score (nSPS) is 11.3. The third-order valence-electron chi connectivity index (χ3n) is 6.52. The molecule has 0 unspecified atom stereocenters. The smallest absolute Gasteiger partial charge is 0.329 e. The van der Waals surface area contributed by atoms with Crippen molar-refractivity contribution in [3.8, 4) is 6.07 Å². The Morgan fingerprint density at radius 2 is 1.76 bits per heavy atom. The topological polar surface area (TPSA) is 149 Å². The number of para-hydroxylation sites is 1. The molecule has 0 aliphatic heterocycles. The van der Waals surface area contributed by atoms with Gasteiger partial charge in [-0.25, -0.2) is 19.7 Å². The van der Waals surface area contributed by atoms with Gasteiger partial charge in [-0.1, -0.05) is 36.4 Å². The van der Waals surface area contributed by atoms with Crippen LogP contribution < -0.4 is 22.3 Å². The van der Waals surface area contributed by atoms with Gasteiger partial charge in [0.25, 0.3) is 5.56 Å². The van der Waals surface area contributed by atoms with Gasteiger partial charge in [-0.05, 0) is 24.6 Å². The summed E-state index contributed by atoms with van der Waals surface area (Å²) in [7, 11) is 1.59. The molecule has 0 saturated heterocycles. The Bertz CT molecular complexity index is 1830. The van der Waals surface area contributed by atoms with Crippen LogP contribution in [0.3, 0.4) is 0 Å². The fourth-order valence-corrected chi connectivity index (χ4v) is 4.61. The summed E-state index contributed by atoms with van der Waals surface area (Å²) in [6.45, 7) is 3.35. The van der Waals surface area contributed by atoms with Gasteiger partial charge in [0.05, 0.1) is 36.8 Å². The molecule has 3 aromatic heterocycles. The van der Waals surface area contributed by atoms with Crippen molar-refractivity contribution in [2.24, 2.45) is 12.8 Å². The van der Waals surface area contributed by atoms with Gasteiger partial charge in [0.2, 0.25) is 0 Å². The average Bonchev–Trinajstić information content (AvgIpc) is 3.28. The highest BCUT2D eigenvalue weighted by atomic mass is 16.2. The minimum Gasteiger partial charge on any atom is -0.329 e. The van der Waals surface area contributed by atoms with Crippen LogP contribution in [0.4, 0.5) is 0 Å². The molecule has 0 aliphatic carbocycles. The minimum atomic E-state index is -0.513. The zero-order valence-corrected chi connectivity index (χ0v) is 21.2. The summed E-state index contributed by atoms with van der Waals surface area (Å²) in [6, 6.07) is 17.0. The van der Waals surface area contributed by atoms with Gasteiger partial charge in [-0.2, -0.15) is 5.26 Å². The zero-order valence-electron chi connectivity index (χ0n) is 21.2. The first-order valence-corrected chi connectivity index (χ1v) is 12.2. The van der Waals surface area contributed by atoms with E-state index < -0.39 is 11.2 Å². The third kappa shape index (κ3) is 4.47. The van der Waals surface area contributed by atoms with Crippen molar-refractivity contribution in [2.75, 3.05) is 13.1 Å². The predicted molar refractivity (Wildman–Crippen MR) is 144 cm³/mol. The molecule has 192 valence electrons. The number of nitrogens with one attached hydrogen (secondary N) is 1. The van der Waals surface area contributed by atoms with Crippen LogP contribution in [-0.2, 0) is 26.7 Å². The van der Waals surface area contributed by atoms with E-state index in [-0.39, 0.29) is 24.3 Å². The monoisotopic (exact) mass is 509 g/mol. The van der Waals surface area contributed by atoms with Gasteiger partial charge in [0.1, 0.15) is 11.6 Å². The minimum absolute atomic E-state index is 0.0894. The predicted octanol–water partition coefficient (Wildman–Crippen LogP) is 1.16. The largest absolute Gasteiger partial charge is 0.332 e. The Balaban J connectivity index is 1.69. The van der Waals surface area contributed by atoms with E-state index in [2.05, 4.69) is 26.3 Å². The SMILES string of the molecule is Cc1nc(Cn2c(=O)c3c(nc(CNCCN)n3Cc3ccccc3C#N)n(C)c2=O)nc2ccccc12. The maximum Gasteiger partial charge on any atom is 0.332 e. The van der Waals surface area contributed by atoms with Crippen molar-refractivity contribution in [2.45, 2.75) is 26.6 Å². The van der Waals surface area contributed by atoms with E-state index in [0.717, 1.165) is 26.7 Å². The Morgan fingerprint density at radius 3 is 2.55 bits per heavy atom. The molecule has 5 aromatic rings. The quantitative estimate of drug-likeness (QED) is 0.296. The van der Waals surface area contributed by atoms with E-state index in [1.54, 1.807) is 23.7 Å². The first-order valence-electron chi connectivity index (χ1n) is 12.2. The van der Waals surface area contributed by atoms with Crippen molar-refractivity contribution < 1.29 is 0 Å². The third-order valence-corrected chi connectivity index (χ3v) is 6.52. The summed E-state index contributed by atoms with van der Waals surface area (Å²) in [5, 5.41) is 13.7. The number of aromatic nitrogens is 6. The van der Waals surface area contributed by atoms with E-state index in [0.29, 0.717) is 36.8 Å². The molecule has 0 atom stereocenters. The fourth-order valence-electron chi connectivity index (χ4n) is 4.61. The van der Waals surface area contributed by atoms with E-state index >= 15 is 0 Å². The summed E-state index contributed by atoms with van der Waals surface area (Å²) in [5.41, 5.74) is 7.91. The van der Waals surface area contributed by atoms with Gasteiger partial charge in [0.15, 0.2) is 11.2 Å². The second-order valence-electron chi connectivity index (χ2n) is 9.00. The number of fused-ring (bicyclic) bond motifs is 2. The first-order chi connectivity index (χ1) is 18.4. The second-order valence-corrected chi connectivity index (χ2v) is 9.00. The summed E-state index contributed by atoms with van der Waals surface area (Å²) in [5.74, 6) is 0.925. The number of hydrogen-bond acceptors (Lipinski definition) is 8. The summed E-state index contributed by atoms with van der Waals surface area (Å²) < 4.78 is 4.26. The molecular weight excluding hydrogens is 482 g/mol. The maximum absolute atomic E-state index is 13.9. The van der Waals surface area contributed by atoms with Crippen LogP contribution >= 0.6 is 0 Å². The number of hydrogen-bond donors (Lipinski definition) is 2. The molecule has 5 rings (SSSR count). The molecule has 3 N–H and O–H groups in total. The van der Waals surface area contributed by atoms with Crippen LogP contribution in [0.2, 0.25) is 0 Å². The highest BCUT2D eigenvalue weighted by Crippen LogP contribution is 2.18. The van der Waals surface area contributed by atoms with Crippen LogP contribution in [0.5, 0.6) is 0 Å². The average molecular weight is 510 g/mol. The highest BCUT2D eigenvalue weighted by Gasteiger charge is 2.22. The highest BCUT2D eigenvalue weighted by molar-refractivity contribution is 5.80. The molecule has 0 fully saturated rings. The summed E-state index contributed by atoms with van der Waals surface area (Å²) in [6.07, 6.45) is 0. The summed E-state index contributed by atoms with van der Waals surface area (Å²) in [4.78, 5) is 41.0. The van der Waals surface area contributed by atoms with Crippen LogP contribution in [-0.4, -0.2) is 41.7 Å². The molecule has 38 heavy (non-hydrogen) atoms. The van der Waals surface area contributed by atoms with Crippen LogP contribution in [0.25, 0.3) is 22.1 Å². The molecular formula is C27H27N9O2. The van der Waals surface area contributed by atoms with Gasteiger partial charge < -0.3 is 15.6 Å². The van der Waals surface area contributed by atoms with Crippen molar-refractivity contribution in [3.63, 3.8) is 0 Å². The Labute approximate surface area is 217 Å². The van der Waals surface area contributed by atoms with Crippen molar-refractivity contribution in [1.29, 1.82) is 5.26 Å². The lowest BCUT2D eigenvalue weighted by Gasteiger charge is -2.12. The van der Waals surface area contributed by atoms with Crippen LogP contribution in [0, 0.1) is 18.3 Å². The lowest BCUT2D eigenvalue weighted by molar-refractivity contribution is 0.624. The lowest BCUT2D eigenvalue weighted by Crippen LogP contribution is -2.40. The van der Waals surface area contributed by atoms with E-state index in [1.807, 2.05) is 43.3 Å². The van der Waals surface area contributed by atoms with Gasteiger partial charge in [-0.15, -0.1) is 0 Å². The standard InChI is InChI=1S/C27H27N9O2/c1-17-20-9-5-6-10-21(20)32-22(31-17)16-36-26(37)24-25(34(2)27(36)38)33-23(14-30-12-11-28)35(24)15-19-8-4-3-7-18(19)13-29/h3-10,30H,11-12,14-16,28H2,1-2H3. The van der Waals surface area contributed by atoms with Gasteiger partial charge in [0, 0.05) is 31.2 Å². The number of nitrogens with zero attached hydrogens (tertiary/aromatic N) is 7. The number of imidazole rings is 1. The van der Waals surface area contributed by atoms with Gasteiger partial charge >= 0.3 is 5.69 Å². The molecule has 11 heteroatoms. The molecule has 0 amide bonds. The number of nitrogens with two attached hydrogens (primary N) is 1. The van der Waals surface area contributed by atoms with Crippen molar-refractivity contribution >= 4 is 22.1 Å². The molecule has 11 nitrogen and oxygen atoms in total. The molecule has 0 spiro atoms. The van der Waals surface area contributed by atoms with Crippen LogP contribution in [0.15, 0.2) is 58.1 Å². The Morgan fingerprint density at radius 1 is 1.00 bits per heavy atom.